The maximum atomic E-state index is 11.4. The molecule has 0 fully saturated rings. The van der Waals surface area contributed by atoms with Crippen LogP contribution in [0.2, 0.25) is 0 Å². The average Bonchev–Trinajstić information content (AvgIpc) is 2.85. The van der Waals surface area contributed by atoms with Crippen LogP contribution in [0.4, 0.5) is 10.5 Å². The number of anilines is 1. The van der Waals surface area contributed by atoms with Gasteiger partial charge in [0.1, 0.15) is 0 Å². The Kier molecular flexibility index (Phi) is 4.02. The number of nitrogens with one attached hydrogen (secondary N) is 1. The van der Waals surface area contributed by atoms with E-state index in [0.717, 1.165) is 17.8 Å². The topological polar surface area (TPSA) is 43.3 Å². The molecule has 1 heterocycles. The van der Waals surface area contributed by atoms with Gasteiger partial charge in [-0.25, -0.2) is 4.79 Å². The monoisotopic (exact) mass is 244 g/mol. The lowest BCUT2D eigenvalue weighted by Gasteiger charge is -2.11. The first-order valence-electron chi connectivity index (χ1n) is 5.92. The summed E-state index contributed by atoms with van der Waals surface area (Å²) in [5.41, 5.74) is 1.83. The summed E-state index contributed by atoms with van der Waals surface area (Å²) in [4.78, 5) is 11.4. The zero-order chi connectivity index (χ0) is 12.8. The van der Waals surface area contributed by atoms with E-state index in [0.29, 0.717) is 6.61 Å². The SMILES string of the molecule is CCOC(=O)Nc1ccccc1Cn1cccc1. The van der Waals surface area contributed by atoms with E-state index < -0.39 is 6.09 Å². The molecule has 1 aromatic heterocycles. The van der Waals surface area contributed by atoms with Crippen molar-refractivity contribution in [2.75, 3.05) is 11.9 Å². The number of carbonyl (C=O) groups excluding carboxylic acids is 1. The molecule has 1 amide bonds. The van der Waals surface area contributed by atoms with Crippen LogP contribution in [0.5, 0.6) is 0 Å². The Morgan fingerprint density at radius 3 is 2.67 bits per heavy atom. The third-order valence-electron chi connectivity index (χ3n) is 2.55. The second-order valence-electron chi connectivity index (χ2n) is 3.86. The fourth-order valence-electron chi connectivity index (χ4n) is 1.73. The van der Waals surface area contributed by atoms with Crippen molar-refractivity contribution >= 4 is 11.8 Å². The molecule has 94 valence electrons. The molecular weight excluding hydrogens is 228 g/mol. The highest BCUT2D eigenvalue weighted by molar-refractivity contribution is 5.85. The molecule has 0 atom stereocenters. The number of para-hydroxylation sites is 1. The minimum atomic E-state index is -0.419. The lowest BCUT2D eigenvalue weighted by molar-refractivity contribution is 0.168. The standard InChI is InChI=1S/C14H16N2O2/c1-2-18-14(17)15-13-8-4-3-7-12(13)11-16-9-5-6-10-16/h3-10H,2,11H2,1H3,(H,15,17). The Bertz CT molecular complexity index is 506. The van der Waals surface area contributed by atoms with Gasteiger partial charge in [0.15, 0.2) is 0 Å². The van der Waals surface area contributed by atoms with E-state index in [-0.39, 0.29) is 0 Å². The van der Waals surface area contributed by atoms with Crippen LogP contribution in [-0.4, -0.2) is 17.3 Å². The highest BCUT2D eigenvalue weighted by Crippen LogP contribution is 2.16. The van der Waals surface area contributed by atoms with E-state index in [1.807, 2.05) is 53.4 Å². The van der Waals surface area contributed by atoms with E-state index in [2.05, 4.69) is 5.32 Å². The Balaban J connectivity index is 2.12. The number of aromatic nitrogens is 1. The van der Waals surface area contributed by atoms with Crippen molar-refractivity contribution in [3.63, 3.8) is 0 Å². The Morgan fingerprint density at radius 2 is 1.94 bits per heavy atom. The van der Waals surface area contributed by atoms with Crippen LogP contribution in [0.3, 0.4) is 0 Å². The maximum Gasteiger partial charge on any atom is 0.411 e. The minimum Gasteiger partial charge on any atom is -0.450 e. The summed E-state index contributed by atoms with van der Waals surface area (Å²) in [5.74, 6) is 0. The van der Waals surface area contributed by atoms with Gasteiger partial charge in [-0.1, -0.05) is 18.2 Å². The van der Waals surface area contributed by atoms with Crippen LogP contribution in [0.25, 0.3) is 0 Å². The van der Waals surface area contributed by atoms with Crippen molar-refractivity contribution in [2.45, 2.75) is 13.5 Å². The molecule has 0 spiro atoms. The minimum absolute atomic E-state index is 0.367. The van der Waals surface area contributed by atoms with Gasteiger partial charge in [0, 0.05) is 24.6 Å². The summed E-state index contributed by atoms with van der Waals surface area (Å²) in [6.45, 7) is 2.87. The third-order valence-corrected chi connectivity index (χ3v) is 2.55. The quantitative estimate of drug-likeness (QED) is 0.898. The van der Waals surface area contributed by atoms with Crippen molar-refractivity contribution in [3.8, 4) is 0 Å². The van der Waals surface area contributed by atoms with Crippen molar-refractivity contribution in [1.29, 1.82) is 0 Å². The smallest absolute Gasteiger partial charge is 0.411 e. The molecule has 4 heteroatoms. The van der Waals surface area contributed by atoms with E-state index in [9.17, 15) is 4.79 Å². The fourth-order valence-corrected chi connectivity index (χ4v) is 1.73. The Hall–Kier alpha value is -2.23. The summed E-state index contributed by atoms with van der Waals surface area (Å²) >= 11 is 0. The van der Waals surface area contributed by atoms with Crippen molar-refractivity contribution in [1.82, 2.24) is 4.57 Å². The van der Waals surface area contributed by atoms with Crippen LogP contribution in [0.1, 0.15) is 12.5 Å². The number of carbonyl (C=O) groups is 1. The number of ether oxygens (including phenoxy) is 1. The molecule has 0 aliphatic carbocycles. The molecule has 2 rings (SSSR count). The highest BCUT2D eigenvalue weighted by atomic mass is 16.5. The van der Waals surface area contributed by atoms with Crippen LogP contribution >= 0.6 is 0 Å². The van der Waals surface area contributed by atoms with E-state index >= 15 is 0 Å². The average molecular weight is 244 g/mol. The van der Waals surface area contributed by atoms with Gasteiger partial charge in [-0.2, -0.15) is 0 Å². The third kappa shape index (κ3) is 3.13. The van der Waals surface area contributed by atoms with Crippen LogP contribution in [0.15, 0.2) is 48.8 Å². The summed E-state index contributed by atoms with van der Waals surface area (Å²) in [7, 11) is 0. The number of nitrogens with zero attached hydrogens (tertiary/aromatic N) is 1. The van der Waals surface area contributed by atoms with Gasteiger partial charge in [0.05, 0.1) is 6.61 Å². The predicted octanol–water partition coefficient (Wildman–Crippen LogP) is 3.10. The lowest BCUT2D eigenvalue weighted by atomic mass is 10.2. The van der Waals surface area contributed by atoms with Gasteiger partial charge in [0.2, 0.25) is 0 Å². The first-order chi connectivity index (χ1) is 8.79. The molecule has 0 radical (unpaired) electrons. The lowest BCUT2D eigenvalue weighted by Crippen LogP contribution is -2.15. The number of rotatable bonds is 4. The van der Waals surface area contributed by atoms with Crippen LogP contribution in [0, 0.1) is 0 Å². The first kappa shape index (κ1) is 12.2. The molecule has 2 aromatic rings. The van der Waals surface area contributed by atoms with Gasteiger partial charge in [0.25, 0.3) is 0 Å². The van der Waals surface area contributed by atoms with Crippen molar-refractivity contribution < 1.29 is 9.53 Å². The molecule has 0 aliphatic heterocycles. The second-order valence-corrected chi connectivity index (χ2v) is 3.86. The van der Waals surface area contributed by atoms with Gasteiger partial charge >= 0.3 is 6.09 Å². The van der Waals surface area contributed by atoms with Crippen molar-refractivity contribution in [2.24, 2.45) is 0 Å². The summed E-state index contributed by atoms with van der Waals surface area (Å²) < 4.78 is 6.93. The summed E-state index contributed by atoms with van der Waals surface area (Å²) in [6.07, 6.45) is 3.56. The molecule has 0 unspecified atom stereocenters. The molecule has 0 saturated carbocycles. The van der Waals surface area contributed by atoms with Gasteiger partial charge in [-0.3, -0.25) is 5.32 Å². The molecular formula is C14H16N2O2. The summed E-state index contributed by atoms with van der Waals surface area (Å²) in [5, 5.41) is 2.75. The molecule has 1 aromatic carbocycles. The summed E-state index contributed by atoms with van der Waals surface area (Å²) in [6, 6.07) is 11.6. The van der Waals surface area contributed by atoms with Gasteiger partial charge < -0.3 is 9.30 Å². The molecule has 0 saturated heterocycles. The zero-order valence-electron chi connectivity index (χ0n) is 10.3. The van der Waals surface area contributed by atoms with Gasteiger partial charge in [-0.15, -0.1) is 0 Å². The van der Waals surface area contributed by atoms with Crippen molar-refractivity contribution in [3.05, 3.63) is 54.4 Å². The predicted molar refractivity (Wildman–Crippen MR) is 70.6 cm³/mol. The maximum absolute atomic E-state index is 11.4. The molecule has 0 bridgehead atoms. The van der Waals surface area contributed by atoms with E-state index in [4.69, 9.17) is 4.74 Å². The molecule has 0 aliphatic rings. The fraction of sp³-hybridized carbons (Fsp3) is 0.214. The number of hydrogen-bond donors (Lipinski definition) is 1. The van der Waals surface area contributed by atoms with Gasteiger partial charge in [-0.05, 0) is 30.7 Å². The Morgan fingerprint density at radius 1 is 1.22 bits per heavy atom. The number of hydrogen-bond acceptors (Lipinski definition) is 2. The molecule has 4 nitrogen and oxygen atoms in total. The number of amides is 1. The Labute approximate surface area is 106 Å². The van der Waals surface area contributed by atoms with E-state index in [1.54, 1.807) is 6.92 Å². The van der Waals surface area contributed by atoms with Crippen LogP contribution in [-0.2, 0) is 11.3 Å². The largest absolute Gasteiger partial charge is 0.450 e. The first-order valence-corrected chi connectivity index (χ1v) is 5.92. The number of benzene rings is 1. The van der Waals surface area contributed by atoms with E-state index in [1.165, 1.54) is 0 Å². The normalized spacial score (nSPS) is 10.1. The van der Waals surface area contributed by atoms with Crippen LogP contribution < -0.4 is 5.32 Å². The zero-order valence-corrected chi connectivity index (χ0v) is 10.3. The molecule has 1 N–H and O–H groups in total. The highest BCUT2D eigenvalue weighted by Gasteiger charge is 2.06. The molecule has 18 heavy (non-hydrogen) atoms. The second kappa shape index (κ2) is 5.91.